The van der Waals surface area contributed by atoms with Crippen LogP contribution in [0.15, 0.2) is 0 Å². The van der Waals surface area contributed by atoms with Crippen LogP contribution in [0.25, 0.3) is 0 Å². The molecule has 1 saturated heterocycles. The van der Waals surface area contributed by atoms with Crippen LogP contribution in [0, 0.1) is 5.92 Å². The van der Waals surface area contributed by atoms with E-state index >= 15 is 0 Å². The van der Waals surface area contributed by atoms with Gasteiger partial charge in [0.1, 0.15) is 0 Å². The molecule has 0 unspecified atom stereocenters. The van der Waals surface area contributed by atoms with Crippen molar-refractivity contribution in [3.05, 3.63) is 0 Å². The first-order valence-electron chi connectivity index (χ1n) is 7.47. The average Bonchev–Trinajstić information content (AvgIpc) is 2.39. The fourth-order valence-corrected chi connectivity index (χ4v) is 4.01. The van der Waals surface area contributed by atoms with Crippen molar-refractivity contribution in [3.8, 4) is 0 Å². The lowest BCUT2D eigenvalue weighted by molar-refractivity contribution is 0.300. The molecule has 1 aliphatic heterocycles. The molecular weight excluding hydrogens is 262 g/mol. The Bertz CT molecular complexity index is 323. The molecule has 0 amide bonds. The summed E-state index contributed by atoms with van der Waals surface area (Å²) in [7, 11) is -3.09. The molecule has 0 aromatic carbocycles. The molecule has 0 radical (unpaired) electrons. The molecule has 0 aromatic heterocycles. The highest BCUT2D eigenvalue weighted by Crippen LogP contribution is 2.13. The smallest absolute Gasteiger partial charge is 0.211 e. The summed E-state index contributed by atoms with van der Waals surface area (Å²) < 4.78 is 26.6. The number of hydrogen-bond acceptors (Lipinski definition) is 4. The molecule has 0 atom stereocenters. The van der Waals surface area contributed by atoms with Crippen molar-refractivity contribution in [3.63, 3.8) is 0 Å². The van der Waals surface area contributed by atoms with Gasteiger partial charge in [-0.1, -0.05) is 13.8 Å². The summed E-state index contributed by atoms with van der Waals surface area (Å²) in [4.78, 5) is 2.31. The Morgan fingerprint density at radius 1 is 1.21 bits per heavy atom. The minimum atomic E-state index is -3.09. The molecule has 1 rings (SSSR count). The summed E-state index contributed by atoms with van der Waals surface area (Å²) in [5.74, 6) is 0.612. The Balaban J connectivity index is 2.19. The highest BCUT2D eigenvalue weighted by molar-refractivity contribution is 7.89. The normalized spacial score (nSPS) is 18.1. The van der Waals surface area contributed by atoms with Crippen molar-refractivity contribution < 1.29 is 8.42 Å². The maximum Gasteiger partial charge on any atom is 0.211 e. The first kappa shape index (κ1) is 16.9. The number of rotatable bonds is 9. The summed E-state index contributed by atoms with van der Waals surface area (Å²) in [5.41, 5.74) is 0. The maximum absolute atomic E-state index is 11.9. The van der Waals surface area contributed by atoms with Gasteiger partial charge in [0.2, 0.25) is 10.0 Å². The Morgan fingerprint density at radius 2 is 1.84 bits per heavy atom. The van der Waals surface area contributed by atoms with E-state index in [1.165, 1.54) is 0 Å². The van der Waals surface area contributed by atoms with Gasteiger partial charge < -0.3 is 10.2 Å². The van der Waals surface area contributed by atoms with E-state index in [9.17, 15) is 8.42 Å². The van der Waals surface area contributed by atoms with E-state index in [0.29, 0.717) is 18.2 Å². The monoisotopic (exact) mass is 291 g/mol. The Hall–Kier alpha value is -0.170. The molecule has 2 N–H and O–H groups in total. The summed E-state index contributed by atoms with van der Waals surface area (Å²) in [6.45, 7) is 9.73. The second-order valence-corrected chi connectivity index (χ2v) is 7.10. The molecule has 0 aromatic rings. The minimum absolute atomic E-state index is 0.292. The lowest BCUT2D eigenvalue weighted by Gasteiger charge is -2.22. The van der Waals surface area contributed by atoms with Gasteiger partial charge in [-0.2, -0.15) is 0 Å². The van der Waals surface area contributed by atoms with Gasteiger partial charge in [-0.3, -0.25) is 0 Å². The molecule has 5 nitrogen and oxygen atoms in total. The molecule has 0 spiro atoms. The van der Waals surface area contributed by atoms with Crippen molar-refractivity contribution in [2.24, 2.45) is 5.92 Å². The molecule has 0 aliphatic carbocycles. The minimum Gasteiger partial charge on any atom is -0.317 e. The highest BCUT2D eigenvalue weighted by Gasteiger charge is 2.20. The second kappa shape index (κ2) is 8.89. The molecule has 1 aliphatic rings. The summed E-state index contributed by atoms with van der Waals surface area (Å²) >= 11 is 0. The van der Waals surface area contributed by atoms with Crippen molar-refractivity contribution in [1.82, 2.24) is 14.9 Å². The van der Waals surface area contributed by atoms with Crippen molar-refractivity contribution >= 4 is 10.0 Å². The standard InChI is InChI=1S/C13H29N3O2S/c1-3-16(4-2)11-5-8-15-19(17,18)12-13-6-9-14-10-7-13/h13-15H,3-12H2,1-2H3. The fourth-order valence-electron chi connectivity index (χ4n) is 2.49. The van der Waals surface area contributed by atoms with E-state index in [1.54, 1.807) is 0 Å². The Morgan fingerprint density at radius 3 is 2.42 bits per heavy atom. The number of sulfonamides is 1. The van der Waals surface area contributed by atoms with E-state index in [-0.39, 0.29) is 0 Å². The van der Waals surface area contributed by atoms with Crippen LogP contribution in [0.2, 0.25) is 0 Å². The molecule has 0 saturated carbocycles. The third kappa shape index (κ3) is 7.25. The highest BCUT2D eigenvalue weighted by atomic mass is 32.2. The summed E-state index contributed by atoms with van der Waals surface area (Å²) in [6.07, 6.45) is 2.83. The van der Waals surface area contributed by atoms with Crippen molar-refractivity contribution in [1.29, 1.82) is 0 Å². The largest absolute Gasteiger partial charge is 0.317 e. The number of hydrogen-bond donors (Lipinski definition) is 2. The van der Waals surface area contributed by atoms with Crippen LogP contribution in [-0.2, 0) is 10.0 Å². The van der Waals surface area contributed by atoms with Crippen LogP contribution >= 0.6 is 0 Å². The summed E-state index contributed by atoms with van der Waals surface area (Å²) in [6, 6.07) is 0. The number of nitrogens with one attached hydrogen (secondary N) is 2. The van der Waals surface area contributed by atoms with Crippen LogP contribution in [-0.4, -0.2) is 58.3 Å². The van der Waals surface area contributed by atoms with Gasteiger partial charge in [0.25, 0.3) is 0 Å². The van der Waals surface area contributed by atoms with Crippen molar-refractivity contribution in [2.45, 2.75) is 33.1 Å². The van der Waals surface area contributed by atoms with Crippen molar-refractivity contribution in [2.75, 3.05) is 45.0 Å². The topological polar surface area (TPSA) is 61.4 Å². The Labute approximate surface area is 118 Å². The van der Waals surface area contributed by atoms with Crippen LogP contribution < -0.4 is 10.0 Å². The zero-order valence-corrected chi connectivity index (χ0v) is 13.1. The molecule has 1 heterocycles. The lowest BCUT2D eigenvalue weighted by Crippen LogP contribution is -2.36. The van der Waals surface area contributed by atoms with Gasteiger partial charge in [0.15, 0.2) is 0 Å². The van der Waals surface area contributed by atoms with Crippen LogP contribution in [0.5, 0.6) is 0 Å². The second-order valence-electron chi connectivity index (χ2n) is 5.25. The van der Waals surface area contributed by atoms with E-state index in [2.05, 4.69) is 28.8 Å². The number of piperidine rings is 1. The predicted molar refractivity (Wildman–Crippen MR) is 79.8 cm³/mol. The summed E-state index contributed by atoms with van der Waals surface area (Å²) in [5, 5.41) is 3.26. The first-order chi connectivity index (χ1) is 9.07. The van der Waals surface area contributed by atoms with E-state index in [0.717, 1.165) is 52.0 Å². The zero-order valence-electron chi connectivity index (χ0n) is 12.3. The molecule has 0 bridgehead atoms. The molecule has 1 fully saturated rings. The van der Waals surface area contributed by atoms with Gasteiger partial charge in [-0.15, -0.1) is 0 Å². The van der Waals surface area contributed by atoms with E-state index < -0.39 is 10.0 Å². The van der Waals surface area contributed by atoms with Crippen LogP contribution in [0.3, 0.4) is 0 Å². The average molecular weight is 291 g/mol. The zero-order chi connectivity index (χ0) is 14.1. The number of nitrogens with zero attached hydrogens (tertiary/aromatic N) is 1. The quantitative estimate of drug-likeness (QED) is 0.612. The van der Waals surface area contributed by atoms with Gasteiger partial charge in [-0.05, 0) is 57.9 Å². The maximum atomic E-state index is 11.9. The van der Waals surface area contributed by atoms with Gasteiger partial charge >= 0.3 is 0 Å². The van der Waals surface area contributed by atoms with E-state index in [4.69, 9.17) is 0 Å². The molecular formula is C13H29N3O2S. The SMILES string of the molecule is CCN(CC)CCCNS(=O)(=O)CC1CCNCC1. The predicted octanol–water partition coefficient (Wildman–Crippen LogP) is 0.637. The Kier molecular flexibility index (Phi) is 7.90. The third-order valence-electron chi connectivity index (χ3n) is 3.78. The lowest BCUT2D eigenvalue weighted by atomic mass is 10.0. The third-order valence-corrected chi connectivity index (χ3v) is 5.34. The molecule has 6 heteroatoms. The fraction of sp³-hybridized carbons (Fsp3) is 1.00. The van der Waals surface area contributed by atoms with Gasteiger partial charge in [-0.25, -0.2) is 13.1 Å². The molecule has 114 valence electrons. The molecule has 19 heavy (non-hydrogen) atoms. The van der Waals surface area contributed by atoms with Crippen LogP contribution in [0.1, 0.15) is 33.1 Å². The first-order valence-corrected chi connectivity index (χ1v) is 9.13. The van der Waals surface area contributed by atoms with Gasteiger partial charge in [0, 0.05) is 6.54 Å². The van der Waals surface area contributed by atoms with Crippen LogP contribution in [0.4, 0.5) is 0 Å². The van der Waals surface area contributed by atoms with Gasteiger partial charge in [0.05, 0.1) is 5.75 Å². The van der Waals surface area contributed by atoms with E-state index in [1.807, 2.05) is 0 Å².